The minimum Gasteiger partial charge on any atom is -0.243 e. The molecule has 68 valence electrons. The Bertz CT molecular complexity index is 471. The number of sulfone groups is 1. The zero-order valence-corrected chi connectivity index (χ0v) is 8.09. The van der Waals surface area contributed by atoms with Gasteiger partial charge in [-0.1, -0.05) is 0 Å². The molecule has 0 aliphatic heterocycles. The van der Waals surface area contributed by atoms with Gasteiger partial charge in [0.15, 0.2) is 14.9 Å². The van der Waals surface area contributed by atoms with Gasteiger partial charge in [0, 0.05) is 12.5 Å². The van der Waals surface area contributed by atoms with Crippen molar-refractivity contribution in [3.63, 3.8) is 0 Å². The molecule has 5 heteroatoms. The van der Waals surface area contributed by atoms with E-state index in [0.717, 1.165) is 11.8 Å². The largest absolute Gasteiger partial charge is 0.243 e. The number of hydrogen-bond donors (Lipinski definition) is 0. The molecule has 0 fully saturated rings. The summed E-state index contributed by atoms with van der Waals surface area (Å²) in [5.41, 5.74) is 0.867. The van der Waals surface area contributed by atoms with Gasteiger partial charge in [0.05, 0.1) is 5.56 Å². The molecular formula is C8H8N2O2S. The van der Waals surface area contributed by atoms with E-state index in [9.17, 15) is 8.42 Å². The Morgan fingerprint density at radius 3 is 2.62 bits per heavy atom. The summed E-state index contributed by atoms with van der Waals surface area (Å²) in [5.74, 6) is 0. The number of nitriles is 1. The molecule has 0 saturated heterocycles. The van der Waals surface area contributed by atoms with Gasteiger partial charge >= 0.3 is 0 Å². The third-order valence-corrected chi connectivity index (χ3v) is 2.49. The standard InChI is InChI=1S/C8H8N2O2S/c1-6-3-7(4-9)8(10-5-6)13(2,11)12/h3,5H,1-2H3. The van der Waals surface area contributed by atoms with Crippen molar-refractivity contribution in [1.29, 1.82) is 5.26 Å². The fourth-order valence-corrected chi connectivity index (χ4v) is 1.68. The maximum Gasteiger partial charge on any atom is 0.194 e. The molecule has 1 heterocycles. The summed E-state index contributed by atoms with van der Waals surface area (Å²) in [6.07, 6.45) is 2.46. The highest BCUT2D eigenvalue weighted by Crippen LogP contribution is 2.12. The van der Waals surface area contributed by atoms with Crippen LogP contribution in [-0.4, -0.2) is 19.7 Å². The van der Waals surface area contributed by atoms with E-state index in [-0.39, 0.29) is 10.6 Å². The lowest BCUT2D eigenvalue weighted by molar-refractivity contribution is 0.598. The van der Waals surface area contributed by atoms with Crippen LogP contribution in [-0.2, 0) is 9.84 Å². The summed E-state index contributed by atoms with van der Waals surface area (Å²) in [7, 11) is -3.40. The smallest absolute Gasteiger partial charge is 0.194 e. The van der Waals surface area contributed by atoms with Gasteiger partial charge in [0.2, 0.25) is 0 Å². The fourth-order valence-electron chi connectivity index (χ4n) is 0.932. The van der Waals surface area contributed by atoms with Crippen molar-refractivity contribution in [3.05, 3.63) is 23.4 Å². The number of pyridine rings is 1. The Labute approximate surface area is 76.8 Å². The van der Waals surface area contributed by atoms with Crippen LogP contribution in [0.15, 0.2) is 17.3 Å². The Morgan fingerprint density at radius 2 is 2.15 bits per heavy atom. The summed E-state index contributed by atoms with van der Waals surface area (Å²) < 4.78 is 22.2. The molecule has 0 bridgehead atoms. The van der Waals surface area contributed by atoms with Crippen molar-refractivity contribution < 1.29 is 8.42 Å². The number of hydrogen-bond acceptors (Lipinski definition) is 4. The molecule has 0 aliphatic carbocycles. The van der Waals surface area contributed by atoms with E-state index < -0.39 is 9.84 Å². The van der Waals surface area contributed by atoms with Crippen LogP contribution >= 0.6 is 0 Å². The maximum absolute atomic E-state index is 11.1. The predicted molar refractivity (Wildman–Crippen MR) is 46.8 cm³/mol. The number of aromatic nitrogens is 1. The maximum atomic E-state index is 11.1. The van der Waals surface area contributed by atoms with Gasteiger partial charge in [0.1, 0.15) is 6.07 Å². The van der Waals surface area contributed by atoms with E-state index in [1.165, 1.54) is 12.3 Å². The fraction of sp³-hybridized carbons (Fsp3) is 0.250. The zero-order valence-electron chi connectivity index (χ0n) is 7.27. The quantitative estimate of drug-likeness (QED) is 0.661. The zero-order chi connectivity index (χ0) is 10.1. The molecule has 4 nitrogen and oxygen atoms in total. The molecule has 0 atom stereocenters. The number of nitrogens with zero attached hydrogens (tertiary/aromatic N) is 2. The lowest BCUT2D eigenvalue weighted by Crippen LogP contribution is -2.03. The third-order valence-electron chi connectivity index (χ3n) is 1.46. The van der Waals surface area contributed by atoms with Crippen LogP contribution in [0.2, 0.25) is 0 Å². The van der Waals surface area contributed by atoms with Crippen molar-refractivity contribution in [2.45, 2.75) is 11.9 Å². The van der Waals surface area contributed by atoms with Gasteiger partial charge in [0.25, 0.3) is 0 Å². The van der Waals surface area contributed by atoms with Crippen LogP contribution in [0.1, 0.15) is 11.1 Å². The predicted octanol–water partition coefficient (Wildman–Crippen LogP) is 0.665. The van der Waals surface area contributed by atoms with Crippen molar-refractivity contribution in [1.82, 2.24) is 4.98 Å². The molecule has 0 aliphatic rings. The first kappa shape index (κ1) is 9.68. The van der Waals surface area contributed by atoms with Crippen molar-refractivity contribution in [3.8, 4) is 6.07 Å². The molecule has 0 N–H and O–H groups in total. The third kappa shape index (κ3) is 2.04. The minimum absolute atomic E-state index is 0.0995. The molecule has 0 spiro atoms. The minimum atomic E-state index is -3.40. The molecular weight excluding hydrogens is 188 g/mol. The van der Waals surface area contributed by atoms with Crippen LogP contribution < -0.4 is 0 Å². The Balaban J connectivity index is 3.50. The summed E-state index contributed by atoms with van der Waals surface area (Å²) in [6, 6.07) is 3.30. The summed E-state index contributed by atoms with van der Waals surface area (Å²) >= 11 is 0. The lowest BCUT2D eigenvalue weighted by atomic mass is 10.2. The molecule has 1 aromatic heterocycles. The highest BCUT2D eigenvalue weighted by molar-refractivity contribution is 7.90. The number of aryl methyl sites for hydroxylation is 1. The van der Waals surface area contributed by atoms with Gasteiger partial charge in [-0.15, -0.1) is 0 Å². The van der Waals surface area contributed by atoms with E-state index in [1.54, 1.807) is 13.0 Å². The van der Waals surface area contributed by atoms with Gasteiger partial charge in [-0.3, -0.25) is 0 Å². The molecule has 1 rings (SSSR count). The van der Waals surface area contributed by atoms with Gasteiger partial charge in [-0.2, -0.15) is 5.26 Å². The van der Waals surface area contributed by atoms with E-state index in [0.29, 0.717) is 0 Å². The molecule has 13 heavy (non-hydrogen) atoms. The molecule has 0 unspecified atom stereocenters. The topological polar surface area (TPSA) is 70.8 Å². The second kappa shape index (κ2) is 3.15. The highest BCUT2D eigenvalue weighted by atomic mass is 32.2. The monoisotopic (exact) mass is 196 g/mol. The summed E-state index contributed by atoms with van der Waals surface area (Å²) in [6.45, 7) is 1.75. The van der Waals surface area contributed by atoms with Crippen LogP contribution in [0, 0.1) is 18.3 Å². The second-order valence-corrected chi connectivity index (χ2v) is 4.68. The van der Waals surface area contributed by atoms with Crippen LogP contribution in [0.4, 0.5) is 0 Å². The van der Waals surface area contributed by atoms with Gasteiger partial charge in [-0.25, -0.2) is 13.4 Å². The number of rotatable bonds is 1. The van der Waals surface area contributed by atoms with Crippen LogP contribution in [0.5, 0.6) is 0 Å². The molecule has 0 aromatic carbocycles. The van der Waals surface area contributed by atoms with E-state index in [4.69, 9.17) is 5.26 Å². The Morgan fingerprint density at radius 1 is 1.54 bits per heavy atom. The summed E-state index contributed by atoms with van der Waals surface area (Å²) in [4.78, 5) is 3.71. The molecule has 0 amide bonds. The van der Waals surface area contributed by atoms with Gasteiger partial charge in [-0.05, 0) is 18.6 Å². The first-order valence-electron chi connectivity index (χ1n) is 3.52. The normalized spacial score (nSPS) is 10.8. The first-order valence-corrected chi connectivity index (χ1v) is 5.41. The van der Waals surface area contributed by atoms with Gasteiger partial charge < -0.3 is 0 Å². The second-order valence-electron chi connectivity index (χ2n) is 2.75. The van der Waals surface area contributed by atoms with E-state index in [2.05, 4.69) is 4.98 Å². The molecule has 1 aromatic rings. The molecule has 0 radical (unpaired) electrons. The van der Waals surface area contributed by atoms with Crippen LogP contribution in [0.25, 0.3) is 0 Å². The Kier molecular flexibility index (Phi) is 2.34. The molecule has 0 saturated carbocycles. The van der Waals surface area contributed by atoms with Crippen molar-refractivity contribution in [2.75, 3.05) is 6.26 Å². The SMILES string of the molecule is Cc1cnc(S(C)(=O)=O)c(C#N)c1. The van der Waals surface area contributed by atoms with E-state index >= 15 is 0 Å². The average molecular weight is 196 g/mol. The summed E-state index contributed by atoms with van der Waals surface area (Å²) in [5, 5.41) is 8.50. The highest BCUT2D eigenvalue weighted by Gasteiger charge is 2.14. The van der Waals surface area contributed by atoms with E-state index in [1.807, 2.05) is 0 Å². The lowest BCUT2D eigenvalue weighted by Gasteiger charge is -2.00. The van der Waals surface area contributed by atoms with Crippen molar-refractivity contribution in [2.24, 2.45) is 0 Å². The van der Waals surface area contributed by atoms with Crippen molar-refractivity contribution >= 4 is 9.84 Å². The van der Waals surface area contributed by atoms with Crippen LogP contribution in [0.3, 0.4) is 0 Å². The average Bonchev–Trinajstić information content (AvgIpc) is 2.01. The first-order chi connectivity index (χ1) is 5.95. The Hall–Kier alpha value is -1.41.